The van der Waals surface area contributed by atoms with E-state index in [0.29, 0.717) is 12.0 Å². The molecule has 0 radical (unpaired) electrons. The van der Waals surface area contributed by atoms with Crippen LogP contribution in [0.25, 0.3) is 11.1 Å². The van der Waals surface area contributed by atoms with Crippen molar-refractivity contribution in [1.82, 2.24) is 9.88 Å². The highest BCUT2D eigenvalue weighted by molar-refractivity contribution is 7.98. The molecule has 1 amide bonds. The number of likely N-dealkylation sites (N-methyl/N-ethyl adjacent to an activating group) is 1. The fourth-order valence-electron chi connectivity index (χ4n) is 3.72. The number of aromatic nitrogens is 1. The van der Waals surface area contributed by atoms with E-state index in [4.69, 9.17) is 10.5 Å². The number of rotatable bonds is 9. The van der Waals surface area contributed by atoms with Crippen molar-refractivity contribution >= 4 is 23.6 Å². The summed E-state index contributed by atoms with van der Waals surface area (Å²) in [5, 5.41) is 0. The van der Waals surface area contributed by atoms with Gasteiger partial charge in [-0.3, -0.25) is 9.78 Å². The van der Waals surface area contributed by atoms with Gasteiger partial charge in [-0.15, -0.1) is 0 Å². The summed E-state index contributed by atoms with van der Waals surface area (Å²) in [4.78, 5) is 31.6. The molecule has 33 heavy (non-hydrogen) atoms. The molecule has 0 bridgehead atoms. The molecule has 0 saturated heterocycles. The molecule has 0 aliphatic rings. The largest absolute Gasteiger partial charge is 0.467 e. The lowest BCUT2D eigenvalue weighted by Crippen LogP contribution is -2.43. The number of methoxy groups -OCH3 is 1. The number of esters is 1. The van der Waals surface area contributed by atoms with Crippen LogP contribution in [0.5, 0.6) is 0 Å². The van der Waals surface area contributed by atoms with Gasteiger partial charge in [0.05, 0.1) is 13.2 Å². The van der Waals surface area contributed by atoms with Crippen LogP contribution in [0, 0.1) is 0 Å². The van der Waals surface area contributed by atoms with Gasteiger partial charge in [-0.05, 0) is 58.9 Å². The number of nitrogens with two attached hydrogens (primary N) is 1. The van der Waals surface area contributed by atoms with Gasteiger partial charge in [-0.1, -0.05) is 42.5 Å². The molecule has 1 aromatic heterocycles. The van der Waals surface area contributed by atoms with Gasteiger partial charge in [0.25, 0.3) is 5.91 Å². The Bertz CT molecular complexity index is 1080. The lowest BCUT2D eigenvalue weighted by molar-refractivity contribution is -0.145. The fourth-order valence-corrected chi connectivity index (χ4v) is 4.18. The van der Waals surface area contributed by atoms with Crippen molar-refractivity contribution in [3.05, 3.63) is 89.7 Å². The second kappa shape index (κ2) is 11.6. The zero-order valence-electron chi connectivity index (χ0n) is 19.1. The van der Waals surface area contributed by atoms with Crippen molar-refractivity contribution in [1.29, 1.82) is 0 Å². The van der Waals surface area contributed by atoms with E-state index in [9.17, 15) is 9.59 Å². The Kier molecular flexibility index (Phi) is 8.63. The van der Waals surface area contributed by atoms with Crippen molar-refractivity contribution in [2.24, 2.45) is 5.73 Å². The second-order valence-corrected chi connectivity index (χ2v) is 8.66. The average Bonchev–Trinajstić information content (AvgIpc) is 2.88. The molecule has 0 aliphatic heterocycles. The maximum Gasteiger partial charge on any atom is 0.328 e. The maximum absolute atomic E-state index is 13.6. The first-order valence-corrected chi connectivity index (χ1v) is 12.1. The molecule has 2 unspecified atom stereocenters. The van der Waals surface area contributed by atoms with E-state index in [2.05, 4.69) is 4.98 Å². The molecule has 172 valence electrons. The van der Waals surface area contributed by atoms with Crippen LogP contribution in [0.2, 0.25) is 0 Å². The number of thioether (sulfide) groups is 1. The molecule has 0 aliphatic carbocycles. The monoisotopic (exact) mass is 463 g/mol. The zero-order valence-corrected chi connectivity index (χ0v) is 19.9. The summed E-state index contributed by atoms with van der Waals surface area (Å²) in [6.45, 7) is 0. The van der Waals surface area contributed by atoms with Crippen LogP contribution in [0.4, 0.5) is 0 Å². The van der Waals surface area contributed by atoms with Crippen molar-refractivity contribution in [2.75, 3.05) is 26.2 Å². The Morgan fingerprint density at radius 2 is 1.85 bits per heavy atom. The van der Waals surface area contributed by atoms with Crippen LogP contribution in [-0.2, 0) is 9.53 Å². The molecule has 6 nitrogen and oxygen atoms in total. The predicted molar refractivity (Wildman–Crippen MR) is 133 cm³/mol. The highest BCUT2D eigenvalue weighted by Crippen LogP contribution is 2.30. The van der Waals surface area contributed by atoms with Gasteiger partial charge in [0.1, 0.15) is 6.04 Å². The van der Waals surface area contributed by atoms with Crippen molar-refractivity contribution in [3.8, 4) is 11.1 Å². The molecule has 7 heteroatoms. The summed E-state index contributed by atoms with van der Waals surface area (Å²) in [7, 11) is 2.99. The van der Waals surface area contributed by atoms with Crippen molar-refractivity contribution in [3.63, 3.8) is 0 Å². The lowest BCUT2D eigenvalue weighted by Gasteiger charge is -2.27. The summed E-state index contributed by atoms with van der Waals surface area (Å²) >= 11 is 1.62. The Morgan fingerprint density at radius 3 is 2.48 bits per heavy atom. The highest BCUT2D eigenvalue weighted by atomic mass is 32.2. The van der Waals surface area contributed by atoms with Crippen LogP contribution in [0.15, 0.2) is 73.1 Å². The third-order valence-electron chi connectivity index (χ3n) is 5.62. The fraction of sp³-hybridized carbons (Fsp3) is 0.269. The number of carbonyl (C=O) groups excluding carboxylic acids is 2. The summed E-state index contributed by atoms with van der Waals surface area (Å²) in [6.07, 6.45) is 5.93. The Morgan fingerprint density at radius 1 is 1.09 bits per heavy atom. The van der Waals surface area contributed by atoms with Crippen LogP contribution >= 0.6 is 11.8 Å². The van der Waals surface area contributed by atoms with Crippen LogP contribution < -0.4 is 5.73 Å². The molecule has 1 heterocycles. The maximum atomic E-state index is 13.6. The first-order valence-electron chi connectivity index (χ1n) is 10.7. The van der Waals surface area contributed by atoms with E-state index < -0.39 is 12.0 Å². The Hall–Kier alpha value is -3.16. The number of pyridine rings is 1. The van der Waals surface area contributed by atoms with Gasteiger partial charge in [-0.25, -0.2) is 4.79 Å². The summed E-state index contributed by atoms with van der Waals surface area (Å²) in [5.41, 5.74) is 10.4. The van der Waals surface area contributed by atoms with Gasteiger partial charge >= 0.3 is 5.97 Å². The quantitative estimate of drug-likeness (QED) is 0.480. The second-order valence-electron chi connectivity index (χ2n) is 7.67. The van der Waals surface area contributed by atoms with E-state index >= 15 is 0 Å². The summed E-state index contributed by atoms with van der Waals surface area (Å²) in [6, 6.07) is 18.0. The average molecular weight is 464 g/mol. The van der Waals surface area contributed by atoms with Crippen molar-refractivity contribution in [2.45, 2.75) is 18.5 Å². The minimum atomic E-state index is -0.657. The number of hydrogen-bond donors (Lipinski definition) is 1. The van der Waals surface area contributed by atoms with Crippen LogP contribution in [0.1, 0.15) is 33.9 Å². The van der Waals surface area contributed by atoms with Gasteiger partial charge < -0.3 is 15.4 Å². The molecule has 3 rings (SSSR count). The Balaban J connectivity index is 2.03. The number of nitrogens with zero attached hydrogens (tertiary/aromatic N) is 2. The molecule has 0 spiro atoms. The van der Waals surface area contributed by atoms with Crippen molar-refractivity contribution < 1.29 is 14.3 Å². The third kappa shape index (κ3) is 5.80. The first kappa shape index (κ1) is 24.5. The van der Waals surface area contributed by atoms with Gasteiger partial charge in [0.2, 0.25) is 0 Å². The molecular weight excluding hydrogens is 434 g/mol. The molecule has 3 aromatic rings. The summed E-state index contributed by atoms with van der Waals surface area (Å²) in [5.74, 6) is 0.0743. The Labute approximate surface area is 199 Å². The predicted octanol–water partition coefficient (Wildman–Crippen LogP) is 4.16. The molecular formula is C26H29N3O3S. The minimum absolute atomic E-state index is 0.244. The minimum Gasteiger partial charge on any atom is -0.467 e. The molecule has 0 saturated carbocycles. The first-order chi connectivity index (χ1) is 16.0. The van der Waals surface area contributed by atoms with E-state index in [1.165, 1.54) is 12.0 Å². The molecule has 2 atom stereocenters. The lowest BCUT2D eigenvalue weighted by atomic mass is 9.92. The number of amides is 1. The summed E-state index contributed by atoms with van der Waals surface area (Å²) < 4.78 is 4.97. The number of carbonyl (C=O) groups is 2. The molecule has 2 N–H and O–H groups in total. The number of hydrogen-bond acceptors (Lipinski definition) is 6. The van der Waals surface area contributed by atoms with Gasteiger partial charge in [0.15, 0.2) is 0 Å². The third-order valence-corrected chi connectivity index (χ3v) is 6.26. The van der Waals surface area contributed by atoms with E-state index in [1.54, 1.807) is 37.3 Å². The van der Waals surface area contributed by atoms with Crippen LogP contribution in [0.3, 0.4) is 0 Å². The van der Waals surface area contributed by atoms with Gasteiger partial charge in [-0.2, -0.15) is 11.8 Å². The highest BCUT2D eigenvalue weighted by Gasteiger charge is 2.29. The van der Waals surface area contributed by atoms with Crippen LogP contribution in [-0.4, -0.2) is 54.0 Å². The normalized spacial score (nSPS) is 12.6. The smallest absolute Gasteiger partial charge is 0.328 e. The van der Waals surface area contributed by atoms with Gasteiger partial charge in [0, 0.05) is 25.0 Å². The van der Waals surface area contributed by atoms with E-state index in [0.717, 1.165) is 28.0 Å². The SMILES string of the molecule is COC(=O)C(CCSC)N(C)C(=O)c1ccc(C(N)c2cccnc2)cc1-c1ccccc1. The topological polar surface area (TPSA) is 85.5 Å². The zero-order chi connectivity index (χ0) is 23.8. The molecule has 0 fully saturated rings. The number of ether oxygens (including phenoxy) is 1. The van der Waals surface area contributed by atoms with E-state index in [-0.39, 0.29) is 11.9 Å². The standard InChI is InChI=1S/C26H29N3O3S/c1-29(23(13-15-33-3)26(31)32-2)25(30)21-12-11-19(24(27)20-10-7-14-28-17-20)16-22(21)18-8-5-4-6-9-18/h4-12,14,16-17,23-24H,13,15,27H2,1-3H3. The van der Waals surface area contributed by atoms with E-state index in [1.807, 2.05) is 60.9 Å². The molecule has 2 aromatic carbocycles. The number of benzene rings is 2.